The van der Waals surface area contributed by atoms with Gasteiger partial charge in [0.1, 0.15) is 17.0 Å². The van der Waals surface area contributed by atoms with E-state index < -0.39 is 5.97 Å². The smallest absolute Gasteiger partial charge is 0.339 e. The summed E-state index contributed by atoms with van der Waals surface area (Å²) in [5.74, 6) is -0.655. The third-order valence-corrected chi connectivity index (χ3v) is 5.93. The molecule has 4 aromatic carbocycles. The number of para-hydroxylation sites is 2. The van der Waals surface area contributed by atoms with E-state index in [-0.39, 0.29) is 5.56 Å². The Morgan fingerprint density at radius 2 is 1.65 bits per heavy atom. The fraction of sp³-hybridized carbons (Fsp3) is 0.0769. The van der Waals surface area contributed by atoms with Gasteiger partial charge in [0.25, 0.3) is 0 Å². The van der Waals surface area contributed by atoms with Gasteiger partial charge in [-0.3, -0.25) is 0 Å². The Balaban J connectivity index is 1.63. The van der Waals surface area contributed by atoms with Gasteiger partial charge in [-0.2, -0.15) is 4.99 Å². The van der Waals surface area contributed by atoms with Crippen molar-refractivity contribution in [3.63, 3.8) is 0 Å². The number of hydrogen-bond acceptors (Lipinski definition) is 3. The van der Waals surface area contributed by atoms with Gasteiger partial charge in [-0.1, -0.05) is 36.4 Å². The summed E-state index contributed by atoms with van der Waals surface area (Å²) in [5.41, 5.74) is 5.34. The van der Waals surface area contributed by atoms with Gasteiger partial charge in [-0.25, -0.2) is 9.28 Å². The first-order valence-corrected chi connectivity index (χ1v) is 9.97. The van der Waals surface area contributed by atoms with Gasteiger partial charge in [-0.05, 0) is 46.8 Å². The molecule has 0 aromatic heterocycles. The van der Waals surface area contributed by atoms with Gasteiger partial charge >= 0.3 is 5.97 Å². The van der Waals surface area contributed by atoms with Gasteiger partial charge in [0.2, 0.25) is 6.34 Å². The van der Waals surface area contributed by atoms with Gasteiger partial charge < -0.3 is 9.84 Å². The summed E-state index contributed by atoms with van der Waals surface area (Å²) in [6.45, 7) is 0. The number of rotatable bonds is 4. The van der Waals surface area contributed by atoms with Crippen molar-refractivity contribution in [2.75, 3.05) is 14.2 Å². The van der Waals surface area contributed by atoms with Crippen molar-refractivity contribution in [3.8, 4) is 16.9 Å². The molecule has 5 rings (SSSR count). The van der Waals surface area contributed by atoms with Gasteiger partial charge in [0, 0.05) is 17.5 Å². The van der Waals surface area contributed by atoms with Crippen molar-refractivity contribution >= 4 is 40.1 Å². The van der Waals surface area contributed by atoms with Crippen molar-refractivity contribution in [1.82, 2.24) is 4.48 Å². The molecule has 0 saturated carbocycles. The number of nitrogens with zero attached hydrogens (tertiary/aromatic N) is 2. The topological polar surface area (TPSA) is 58.9 Å². The molecule has 5 heteroatoms. The predicted octanol–water partition coefficient (Wildman–Crippen LogP) is 6.16. The minimum Gasteiger partial charge on any atom is -0.496 e. The van der Waals surface area contributed by atoms with Crippen LogP contribution in [0.5, 0.6) is 5.75 Å². The van der Waals surface area contributed by atoms with Crippen LogP contribution in [-0.4, -0.2) is 31.6 Å². The molecule has 1 aliphatic heterocycles. The Morgan fingerprint density at radius 1 is 0.903 bits per heavy atom. The fourth-order valence-corrected chi connectivity index (χ4v) is 4.30. The monoisotopic (exact) mass is 409 g/mol. The Morgan fingerprint density at radius 3 is 2.45 bits per heavy atom. The van der Waals surface area contributed by atoms with Gasteiger partial charge in [0.15, 0.2) is 11.4 Å². The van der Waals surface area contributed by atoms with Crippen LogP contribution in [0.1, 0.15) is 10.4 Å². The minimum atomic E-state index is -1.00. The van der Waals surface area contributed by atoms with E-state index in [4.69, 9.17) is 4.74 Å². The third-order valence-electron chi connectivity index (χ3n) is 5.93. The Hall–Kier alpha value is -3.96. The van der Waals surface area contributed by atoms with E-state index in [0.717, 1.165) is 39.0 Å². The molecule has 0 spiro atoms. The van der Waals surface area contributed by atoms with Crippen LogP contribution < -0.4 is 9.22 Å². The number of quaternary nitrogens is 1. The predicted molar refractivity (Wildman–Crippen MR) is 125 cm³/mol. The maximum Gasteiger partial charge on any atom is 0.339 e. The standard InChI is InChI=1S/C26H20N2O3/c1-28(16-27-22-7-3-4-8-24(22)28)23-9-5-6-19-14-17(10-12-20(19)23)18-11-13-21(26(29)30)25(15-18)31-2/h3-16H,1-2H3/p+1. The second kappa shape index (κ2) is 7.07. The molecule has 1 unspecified atom stereocenters. The lowest BCUT2D eigenvalue weighted by Gasteiger charge is -2.26. The Bertz CT molecular complexity index is 1380. The highest BCUT2D eigenvalue weighted by Crippen LogP contribution is 2.45. The highest BCUT2D eigenvalue weighted by atomic mass is 16.5. The number of benzene rings is 4. The number of ether oxygens (including phenoxy) is 1. The fourth-order valence-electron chi connectivity index (χ4n) is 4.30. The molecule has 1 aliphatic rings. The van der Waals surface area contributed by atoms with Crippen molar-refractivity contribution < 1.29 is 14.6 Å². The first-order chi connectivity index (χ1) is 15.0. The van der Waals surface area contributed by atoms with Crippen LogP contribution in [0.2, 0.25) is 0 Å². The molecule has 4 aromatic rings. The summed E-state index contributed by atoms with van der Waals surface area (Å²) in [6.07, 6.45) is 1.98. The average Bonchev–Trinajstić information content (AvgIpc) is 3.15. The molecule has 1 heterocycles. The molecule has 1 atom stereocenters. The molecule has 0 bridgehead atoms. The largest absolute Gasteiger partial charge is 0.496 e. The van der Waals surface area contributed by atoms with Gasteiger partial charge in [0.05, 0.1) is 14.2 Å². The molecule has 152 valence electrons. The van der Waals surface area contributed by atoms with Crippen LogP contribution in [0.25, 0.3) is 21.9 Å². The van der Waals surface area contributed by atoms with Crippen molar-refractivity contribution in [2.24, 2.45) is 4.99 Å². The van der Waals surface area contributed by atoms with Crippen LogP contribution >= 0.6 is 0 Å². The number of hydrogen-bond donors (Lipinski definition) is 1. The number of aliphatic imine (C=N–C) groups is 1. The molecule has 0 radical (unpaired) electrons. The molecular formula is C26H21N2O3+. The molecule has 0 fully saturated rings. The summed E-state index contributed by atoms with van der Waals surface area (Å²) in [6, 6.07) is 26.0. The SMILES string of the molecule is COc1cc(-c2ccc3c([N+]4(C)C=Nc5ccccc54)cccc3c2)ccc1C(=O)O. The molecule has 0 amide bonds. The summed E-state index contributed by atoms with van der Waals surface area (Å²) >= 11 is 0. The van der Waals surface area contributed by atoms with Gasteiger partial charge in [-0.15, -0.1) is 0 Å². The minimum absolute atomic E-state index is 0.152. The summed E-state index contributed by atoms with van der Waals surface area (Å²) in [4.78, 5) is 16.0. The first kappa shape index (κ1) is 19.0. The highest BCUT2D eigenvalue weighted by Gasteiger charge is 2.35. The number of carboxylic acids is 1. The number of fused-ring (bicyclic) bond motifs is 2. The van der Waals surface area contributed by atoms with Crippen molar-refractivity contribution in [3.05, 3.63) is 84.4 Å². The Kier molecular flexibility index (Phi) is 4.34. The van der Waals surface area contributed by atoms with Crippen LogP contribution in [-0.2, 0) is 0 Å². The zero-order valence-electron chi connectivity index (χ0n) is 17.2. The lowest BCUT2D eigenvalue weighted by atomic mass is 9.98. The van der Waals surface area contributed by atoms with E-state index in [9.17, 15) is 9.90 Å². The first-order valence-electron chi connectivity index (χ1n) is 9.97. The maximum atomic E-state index is 11.4. The third kappa shape index (κ3) is 2.98. The van der Waals surface area contributed by atoms with Crippen LogP contribution in [0, 0.1) is 0 Å². The zero-order chi connectivity index (χ0) is 21.6. The van der Waals surface area contributed by atoms with E-state index >= 15 is 0 Å². The lowest BCUT2D eigenvalue weighted by molar-refractivity contribution is 0.0693. The molecule has 5 nitrogen and oxygen atoms in total. The van der Waals surface area contributed by atoms with E-state index in [0.29, 0.717) is 10.2 Å². The highest BCUT2D eigenvalue weighted by molar-refractivity contribution is 6.04. The molecule has 31 heavy (non-hydrogen) atoms. The maximum absolute atomic E-state index is 11.4. The van der Waals surface area contributed by atoms with E-state index in [1.807, 2.05) is 30.6 Å². The average molecular weight is 409 g/mol. The van der Waals surface area contributed by atoms with Crippen LogP contribution in [0.15, 0.2) is 83.9 Å². The lowest BCUT2D eigenvalue weighted by Crippen LogP contribution is -2.35. The van der Waals surface area contributed by atoms with Crippen LogP contribution in [0.4, 0.5) is 17.1 Å². The van der Waals surface area contributed by atoms with E-state index in [2.05, 4.69) is 54.5 Å². The summed E-state index contributed by atoms with van der Waals surface area (Å²) < 4.78 is 5.80. The second-order valence-corrected chi connectivity index (χ2v) is 7.74. The molecule has 0 saturated heterocycles. The number of methoxy groups -OCH3 is 1. The number of aromatic carboxylic acids is 1. The van der Waals surface area contributed by atoms with E-state index in [1.165, 1.54) is 7.11 Å². The summed E-state index contributed by atoms with van der Waals surface area (Å²) in [7, 11) is 3.63. The van der Waals surface area contributed by atoms with Crippen molar-refractivity contribution in [1.29, 1.82) is 0 Å². The normalized spacial score (nSPS) is 17.0. The Labute approximate surface area is 180 Å². The van der Waals surface area contributed by atoms with Crippen molar-refractivity contribution in [2.45, 2.75) is 0 Å². The molecule has 0 aliphatic carbocycles. The van der Waals surface area contributed by atoms with E-state index in [1.54, 1.807) is 12.1 Å². The number of carbonyl (C=O) groups is 1. The quantitative estimate of drug-likeness (QED) is 0.411. The van der Waals surface area contributed by atoms with Crippen LogP contribution in [0.3, 0.4) is 0 Å². The molecular weight excluding hydrogens is 388 g/mol. The number of carboxylic acid groups (broad SMARTS) is 1. The molecule has 1 N–H and O–H groups in total. The second-order valence-electron chi connectivity index (χ2n) is 7.74. The summed E-state index contributed by atoms with van der Waals surface area (Å²) in [5, 5.41) is 11.6. The zero-order valence-corrected chi connectivity index (χ0v) is 17.2.